The van der Waals surface area contributed by atoms with Crippen molar-refractivity contribution in [2.75, 3.05) is 0 Å². The summed E-state index contributed by atoms with van der Waals surface area (Å²) in [4.78, 5) is 15.4. The number of carbonyl (C=O) groups is 1. The van der Waals surface area contributed by atoms with Gasteiger partial charge in [-0.2, -0.15) is 0 Å². The summed E-state index contributed by atoms with van der Waals surface area (Å²) in [7, 11) is 0. The Morgan fingerprint density at radius 3 is 2.79 bits per heavy atom. The van der Waals surface area contributed by atoms with E-state index in [9.17, 15) is 4.79 Å². The molecule has 0 fully saturated rings. The minimum Gasteiger partial charge on any atom is -0.298 e. The monoisotopic (exact) mass is 186 g/mol. The largest absolute Gasteiger partial charge is 0.298 e. The van der Waals surface area contributed by atoms with Crippen molar-refractivity contribution in [3.8, 4) is 5.82 Å². The second-order valence-electron chi connectivity index (χ2n) is 3.01. The smallest absolute Gasteiger partial charge is 0.176 e. The molecule has 0 atom stereocenters. The van der Waals surface area contributed by atoms with Crippen LogP contribution in [0.4, 0.5) is 0 Å². The molecule has 0 radical (unpaired) electrons. The molecule has 2 aromatic rings. The first kappa shape index (κ1) is 8.69. The van der Waals surface area contributed by atoms with E-state index in [4.69, 9.17) is 0 Å². The van der Waals surface area contributed by atoms with Crippen LogP contribution in [0.3, 0.4) is 0 Å². The molecule has 0 aliphatic rings. The van der Waals surface area contributed by atoms with Crippen LogP contribution in [0, 0.1) is 0 Å². The Bertz CT molecular complexity index is 445. The summed E-state index contributed by atoms with van der Waals surface area (Å²) < 4.78 is 1.78. The Balaban J connectivity index is 2.52. The third kappa shape index (κ3) is 1.44. The number of ketones is 1. The summed E-state index contributed by atoms with van der Waals surface area (Å²) in [5.41, 5.74) is 0.656. The van der Waals surface area contributed by atoms with Crippen LogP contribution < -0.4 is 0 Å². The average Bonchev–Trinajstić information content (AvgIpc) is 2.67. The number of aromatic nitrogens is 2. The van der Waals surface area contributed by atoms with Crippen LogP contribution in [0.15, 0.2) is 42.7 Å². The minimum atomic E-state index is 0.0423. The van der Waals surface area contributed by atoms with Crippen LogP contribution in [-0.4, -0.2) is 15.3 Å². The lowest BCUT2D eigenvalue weighted by Gasteiger charge is -2.04. The number of pyridine rings is 1. The Morgan fingerprint density at radius 2 is 2.14 bits per heavy atom. The summed E-state index contributed by atoms with van der Waals surface area (Å²) >= 11 is 0. The molecule has 14 heavy (non-hydrogen) atoms. The van der Waals surface area contributed by atoms with Crippen molar-refractivity contribution < 1.29 is 4.79 Å². The molecule has 3 nitrogen and oxygen atoms in total. The zero-order valence-electron chi connectivity index (χ0n) is 7.84. The lowest BCUT2D eigenvalue weighted by molar-refractivity contribution is 0.101. The highest BCUT2D eigenvalue weighted by Crippen LogP contribution is 2.09. The summed E-state index contributed by atoms with van der Waals surface area (Å²) in [5.74, 6) is 0.809. The van der Waals surface area contributed by atoms with E-state index in [1.54, 1.807) is 23.8 Å². The van der Waals surface area contributed by atoms with Gasteiger partial charge in [0.05, 0.1) is 5.69 Å². The van der Waals surface area contributed by atoms with Crippen LogP contribution in [0.1, 0.15) is 17.4 Å². The molecule has 0 spiro atoms. The van der Waals surface area contributed by atoms with E-state index in [1.165, 1.54) is 0 Å². The molecule has 0 saturated heterocycles. The van der Waals surface area contributed by atoms with Crippen molar-refractivity contribution in [3.05, 3.63) is 48.4 Å². The predicted octanol–water partition coefficient (Wildman–Crippen LogP) is 2.07. The minimum absolute atomic E-state index is 0.0423. The highest BCUT2D eigenvalue weighted by atomic mass is 16.1. The van der Waals surface area contributed by atoms with E-state index >= 15 is 0 Å². The van der Waals surface area contributed by atoms with Gasteiger partial charge in [-0.05, 0) is 24.3 Å². The molecule has 70 valence electrons. The second kappa shape index (κ2) is 3.46. The third-order valence-electron chi connectivity index (χ3n) is 2.01. The number of carbonyl (C=O) groups excluding carboxylic acids is 1. The highest BCUT2D eigenvalue weighted by molar-refractivity contribution is 5.93. The summed E-state index contributed by atoms with van der Waals surface area (Å²) in [6, 6.07) is 9.24. The lowest BCUT2D eigenvalue weighted by atomic mass is 10.3. The Kier molecular flexibility index (Phi) is 2.14. The van der Waals surface area contributed by atoms with Crippen LogP contribution in [0.2, 0.25) is 0 Å². The Hall–Kier alpha value is -1.90. The van der Waals surface area contributed by atoms with Gasteiger partial charge in [0.15, 0.2) is 5.78 Å². The van der Waals surface area contributed by atoms with Gasteiger partial charge in [0.2, 0.25) is 0 Å². The van der Waals surface area contributed by atoms with Crippen molar-refractivity contribution >= 4 is 5.78 Å². The van der Waals surface area contributed by atoms with Gasteiger partial charge in [-0.15, -0.1) is 0 Å². The van der Waals surface area contributed by atoms with Crippen LogP contribution >= 0.6 is 0 Å². The van der Waals surface area contributed by atoms with Crippen molar-refractivity contribution in [2.24, 2.45) is 0 Å². The lowest BCUT2D eigenvalue weighted by Crippen LogP contribution is -2.04. The van der Waals surface area contributed by atoms with Crippen LogP contribution in [-0.2, 0) is 0 Å². The fourth-order valence-corrected chi connectivity index (χ4v) is 1.36. The maximum atomic E-state index is 11.3. The Morgan fingerprint density at radius 1 is 1.29 bits per heavy atom. The molecule has 0 aromatic carbocycles. The van der Waals surface area contributed by atoms with Gasteiger partial charge in [-0.25, -0.2) is 4.98 Å². The average molecular weight is 186 g/mol. The fourth-order valence-electron chi connectivity index (χ4n) is 1.36. The van der Waals surface area contributed by atoms with Gasteiger partial charge in [0.1, 0.15) is 5.82 Å². The molecule has 2 aromatic heterocycles. The summed E-state index contributed by atoms with van der Waals surface area (Å²) in [6.07, 6.45) is 3.54. The molecule has 0 aliphatic heterocycles. The molecular formula is C11H10N2O. The van der Waals surface area contributed by atoms with Crippen molar-refractivity contribution in [2.45, 2.75) is 6.92 Å². The molecule has 0 saturated carbocycles. The van der Waals surface area contributed by atoms with E-state index in [0.717, 1.165) is 5.82 Å². The number of hydrogen-bond acceptors (Lipinski definition) is 2. The molecule has 0 amide bonds. The van der Waals surface area contributed by atoms with Crippen molar-refractivity contribution in [3.63, 3.8) is 0 Å². The molecular weight excluding hydrogens is 176 g/mol. The zero-order chi connectivity index (χ0) is 9.97. The second-order valence-corrected chi connectivity index (χ2v) is 3.01. The number of nitrogens with zero attached hydrogens (tertiary/aromatic N) is 2. The van der Waals surface area contributed by atoms with Gasteiger partial charge < -0.3 is 0 Å². The van der Waals surface area contributed by atoms with E-state index in [1.807, 2.05) is 30.5 Å². The first-order valence-corrected chi connectivity index (χ1v) is 4.39. The molecule has 2 heterocycles. The highest BCUT2D eigenvalue weighted by Gasteiger charge is 2.06. The summed E-state index contributed by atoms with van der Waals surface area (Å²) in [5, 5.41) is 0. The number of hydrogen-bond donors (Lipinski definition) is 0. The maximum Gasteiger partial charge on any atom is 0.176 e. The quantitative estimate of drug-likeness (QED) is 0.673. The van der Waals surface area contributed by atoms with Gasteiger partial charge in [0.25, 0.3) is 0 Å². The topological polar surface area (TPSA) is 34.9 Å². The van der Waals surface area contributed by atoms with Crippen LogP contribution in [0.5, 0.6) is 0 Å². The van der Waals surface area contributed by atoms with E-state index in [-0.39, 0.29) is 5.78 Å². The SMILES string of the molecule is CC(=O)c1cccn1-c1ccccn1. The number of rotatable bonds is 2. The molecule has 0 N–H and O–H groups in total. The predicted molar refractivity (Wildman–Crippen MR) is 53.6 cm³/mol. The molecule has 2 rings (SSSR count). The molecule has 0 unspecified atom stereocenters. The van der Waals surface area contributed by atoms with Gasteiger partial charge >= 0.3 is 0 Å². The van der Waals surface area contributed by atoms with Crippen LogP contribution in [0.25, 0.3) is 5.82 Å². The first-order valence-electron chi connectivity index (χ1n) is 4.39. The fraction of sp³-hybridized carbons (Fsp3) is 0.0909. The number of Topliss-reactive ketones (excluding diaryl/α,β-unsaturated/α-hetero) is 1. The standard InChI is InChI=1S/C11H10N2O/c1-9(14)10-5-4-8-13(10)11-6-2-3-7-12-11/h2-8H,1H3. The van der Waals surface area contributed by atoms with Gasteiger partial charge in [-0.1, -0.05) is 6.07 Å². The van der Waals surface area contributed by atoms with Crippen molar-refractivity contribution in [1.82, 2.24) is 9.55 Å². The summed E-state index contributed by atoms with van der Waals surface area (Å²) in [6.45, 7) is 1.55. The molecule has 0 aliphatic carbocycles. The van der Waals surface area contributed by atoms with Gasteiger partial charge in [0, 0.05) is 19.3 Å². The molecule has 3 heteroatoms. The normalized spacial score (nSPS) is 10.1. The van der Waals surface area contributed by atoms with E-state index in [2.05, 4.69) is 4.98 Å². The van der Waals surface area contributed by atoms with E-state index in [0.29, 0.717) is 5.69 Å². The molecule has 0 bridgehead atoms. The maximum absolute atomic E-state index is 11.3. The first-order chi connectivity index (χ1) is 6.79. The van der Waals surface area contributed by atoms with Gasteiger partial charge in [-0.3, -0.25) is 9.36 Å². The Labute approximate surface area is 82.0 Å². The zero-order valence-corrected chi connectivity index (χ0v) is 7.84. The van der Waals surface area contributed by atoms with E-state index < -0.39 is 0 Å². The third-order valence-corrected chi connectivity index (χ3v) is 2.01. The van der Waals surface area contributed by atoms with Crippen molar-refractivity contribution in [1.29, 1.82) is 0 Å².